The maximum Gasteiger partial charge on any atom is 0.339 e. The summed E-state index contributed by atoms with van der Waals surface area (Å²) >= 11 is 0. The Hall–Kier alpha value is -3.03. The molecule has 118 valence electrons. The highest BCUT2D eigenvalue weighted by Gasteiger charge is 2.20. The Morgan fingerprint density at radius 2 is 2.17 bits per heavy atom. The molecule has 8 nitrogen and oxygen atoms in total. The van der Waals surface area contributed by atoms with Crippen molar-refractivity contribution in [2.75, 3.05) is 0 Å². The third-order valence-corrected chi connectivity index (χ3v) is 3.42. The van der Waals surface area contributed by atoms with Gasteiger partial charge in [0, 0.05) is 12.1 Å². The van der Waals surface area contributed by atoms with Crippen molar-refractivity contribution in [3.63, 3.8) is 0 Å². The molecule has 0 aliphatic heterocycles. The molecule has 0 saturated heterocycles. The van der Waals surface area contributed by atoms with Crippen LogP contribution in [0, 0.1) is 6.92 Å². The molecule has 0 radical (unpaired) electrons. The fourth-order valence-corrected chi connectivity index (χ4v) is 2.14. The van der Waals surface area contributed by atoms with Crippen LogP contribution in [0.3, 0.4) is 0 Å². The fourth-order valence-electron chi connectivity index (χ4n) is 2.14. The van der Waals surface area contributed by atoms with E-state index in [4.69, 9.17) is 9.63 Å². The molecule has 3 heterocycles. The summed E-state index contributed by atoms with van der Waals surface area (Å²) in [6.07, 6.45) is 2.89. The van der Waals surface area contributed by atoms with Crippen LogP contribution in [0.15, 0.2) is 29.0 Å². The Balaban J connectivity index is 2.13. The first kappa shape index (κ1) is 14.9. The second-order valence-corrected chi connectivity index (χ2v) is 5.35. The van der Waals surface area contributed by atoms with E-state index < -0.39 is 5.97 Å². The van der Waals surface area contributed by atoms with Crippen LogP contribution in [0.5, 0.6) is 0 Å². The van der Waals surface area contributed by atoms with Gasteiger partial charge in [0.05, 0.1) is 17.5 Å². The minimum atomic E-state index is -1.04. The first-order chi connectivity index (χ1) is 11.0. The predicted octanol–water partition coefficient (Wildman–Crippen LogP) is 2.45. The lowest BCUT2D eigenvalue weighted by Crippen LogP contribution is -2.06. The summed E-state index contributed by atoms with van der Waals surface area (Å²) < 4.78 is 6.77. The summed E-state index contributed by atoms with van der Waals surface area (Å²) in [5, 5.41) is 17.2. The van der Waals surface area contributed by atoms with Gasteiger partial charge in [0.1, 0.15) is 5.56 Å². The number of carboxylic acids is 1. The van der Waals surface area contributed by atoms with E-state index in [9.17, 15) is 4.79 Å². The van der Waals surface area contributed by atoms with Crippen LogP contribution in [0.25, 0.3) is 17.3 Å². The molecule has 8 heteroatoms. The normalized spacial score (nSPS) is 11.1. The summed E-state index contributed by atoms with van der Waals surface area (Å²) in [5.74, 6) is 0.460. The molecule has 0 saturated carbocycles. The molecule has 0 fully saturated rings. The van der Waals surface area contributed by atoms with Crippen LogP contribution < -0.4 is 0 Å². The monoisotopic (exact) mass is 313 g/mol. The number of aromatic carboxylic acids is 1. The highest BCUT2D eigenvalue weighted by Crippen LogP contribution is 2.26. The number of pyridine rings is 1. The van der Waals surface area contributed by atoms with Gasteiger partial charge in [-0.2, -0.15) is 10.1 Å². The maximum atomic E-state index is 11.2. The standard InChI is InChI=1S/C15H15N5O3/c1-8(2)12-18-14(23-19-12)10-5-4-6-16-13(10)20-9(3)11(7-17-20)15(21)22/h4-8H,1-3H3,(H,21,22). The molecule has 0 amide bonds. The predicted molar refractivity (Wildman–Crippen MR) is 80.4 cm³/mol. The number of aromatic nitrogens is 5. The molecule has 0 aliphatic carbocycles. The summed E-state index contributed by atoms with van der Waals surface area (Å²) in [7, 11) is 0. The van der Waals surface area contributed by atoms with Gasteiger partial charge in [-0.25, -0.2) is 14.5 Å². The van der Waals surface area contributed by atoms with Crippen molar-refractivity contribution in [1.29, 1.82) is 0 Å². The highest BCUT2D eigenvalue weighted by molar-refractivity contribution is 5.88. The van der Waals surface area contributed by atoms with Crippen molar-refractivity contribution in [3.05, 3.63) is 41.6 Å². The van der Waals surface area contributed by atoms with Crippen molar-refractivity contribution in [3.8, 4) is 17.3 Å². The van der Waals surface area contributed by atoms with Crippen LogP contribution in [-0.2, 0) is 0 Å². The zero-order valence-electron chi connectivity index (χ0n) is 12.9. The molecule has 0 aliphatic rings. The lowest BCUT2D eigenvalue weighted by molar-refractivity contribution is 0.0696. The topological polar surface area (TPSA) is 107 Å². The molecule has 3 aromatic rings. The molecule has 1 N–H and O–H groups in total. The SMILES string of the molecule is Cc1c(C(=O)O)cnn1-c1ncccc1-c1nc(C(C)C)no1. The average Bonchev–Trinajstić information content (AvgIpc) is 3.14. The van der Waals surface area contributed by atoms with E-state index in [2.05, 4.69) is 20.2 Å². The van der Waals surface area contributed by atoms with Crippen molar-refractivity contribution in [2.24, 2.45) is 0 Å². The number of hydrogen-bond donors (Lipinski definition) is 1. The van der Waals surface area contributed by atoms with Crippen molar-refractivity contribution >= 4 is 5.97 Å². The molecule has 23 heavy (non-hydrogen) atoms. The summed E-state index contributed by atoms with van der Waals surface area (Å²) in [6.45, 7) is 5.60. The van der Waals surface area contributed by atoms with E-state index in [1.54, 1.807) is 25.3 Å². The molecule has 0 atom stereocenters. The van der Waals surface area contributed by atoms with Gasteiger partial charge in [-0.05, 0) is 19.1 Å². The second kappa shape index (κ2) is 5.64. The van der Waals surface area contributed by atoms with Gasteiger partial charge in [-0.3, -0.25) is 0 Å². The third-order valence-electron chi connectivity index (χ3n) is 3.42. The van der Waals surface area contributed by atoms with Crippen molar-refractivity contribution in [1.82, 2.24) is 24.9 Å². The third kappa shape index (κ3) is 2.59. The quantitative estimate of drug-likeness (QED) is 0.788. The minimum Gasteiger partial charge on any atom is -0.478 e. The summed E-state index contributed by atoms with van der Waals surface area (Å²) in [4.78, 5) is 19.8. The zero-order valence-corrected chi connectivity index (χ0v) is 12.9. The molecular formula is C15H15N5O3. The Kier molecular flexibility index (Phi) is 3.65. The Bertz CT molecular complexity index is 866. The van der Waals surface area contributed by atoms with E-state index in [-0.39, 0.29) is 11.5 Å². The molecule has 0 spiro atoms. The van der Waals surface area contributed by atoms with Gasteiger partial charge < -0.3 is 9.63 Å². The molecular weight excluding hydrogens is 298 g/mol. The van der Waals surface area contributed by atoms with Gasteiger partial charge in [0.15, 0.2) is 11.6 Å². The maximum absolute atomic E-state index is 11.2. The van der Waals surface area contributed by atoms with Gasteiger partial charge >= 0.3 is 5.97 Å². The van der Waals surface area contributed by atoms with E-state index in [1.165, 1.54) is 10.9 Å². The van der Waals surface area contributed by atoms with Crippen LogP contribution >= 0.6 is 0 Å². The first-order valence-corrected chi connectivity index (χ1v) is 7.06. The Morgan fingerprint density at radius 3 is 2.78 bits per heavy atom. The van der Waals surface area contributed by atoms with Crippen LogP contribution in [0.4, 0.5) is 0 Å². The highest BCUT2D eigenvalue weighted by atomic mass is 16.5. The number of carboxylic acid groups (broad SMARTS) is 1. The smallest absolute Gasteiger partial charge is 0.339 e. The van der Waals surface area contributed by atoms with E-state index >= 15 is 0 Å². The van der Waals surface area contributed by atoms with Gasteiger partial charge in [-0.1, -0.05) is 19.0 Å². The lowest BCUT2D eigenvalue weighted by atomic mass is 10.2. The molecule has 3 aromatic heterocycles. The molecule has 0 unspecified atom stereocenters. The van der Waals surface area contributed by atoms with Crippen LogP contribution in [-0.4, -0.2) is 36.0 Å². The average molecular weight is 313 g/mol. The Morgan fingerprint density at radius 1 is 1.39 bits per heavy atom. The van der Waals surface area contributed by atoms with Crippen molar-refractivity contribution < 1.29 is 14.4 Å². The van der Waals surface area contributed by atoms with Crippen LogP contribution in [0.2, 0.25) is 0 Å². The van der Waals surface area contributed by atoms with E-state index in [0.717, 1.165) is 0 Å². The van der Waals surface area contributed by atoms with E-state index in [0.29, 0.717) is 28.8 Å². The first-order valence-electron chi connectivity index (χ1n) is 7.06. The minimum absolute atomic E-state index is 0.120. The molecule has 0 bridgehead atoms. The summed E-state index contributed by atoms with van der Waals surface area (Å²) in [5.41, 5.74) is 1.19. The number of carbonyl (C=O) groups is 1. The number of rotatable bonds is 4. The molecule has 0 aromatic carbocycles. The van der Waals surface area contributed by atoms with Gasteiger partial charge in [-0.15, -0.1) is 0 Å². The van der Waals surface area contributed by atoms with Crippen molar-refractivity contribution in [2.45, 2.75) is 26.7 Å². The second-order valence-electron chi connectivity index (χ2n) is 5.35. The van der Waals surface area contributed by atoms with E-state index in [1.807, 2.05) is 13.8 Å². The van der Waals surface area contributed by atoms with Gasteiger partial charge in [0.25, 0.3) is 5.89 Å². The number of hydrogen-bond acceptors (Lipinski definition) is 6. The summed E-state index contributed by atoms with van der Waals surface area (Å²) in [6, 6.07) is 3.52. The number of nitrogens with zero attached hydrogens (tertiary/aromatic N) is 5. The molecule has 3 rings (SSSR count). The fraction of sp³-hybridized carbons (Fsp3) is 0.267. The van der Waals surface area contributed by atoms with Gasteiger partial charge in [0.2, 0.25) is 0 Å². The Labute approximate surface area is 131 Å². The zero-order chi connectivity index (χ0) is 16.6. The lowest BCUT2D eigenvalue weighted by Gasteiger charge is -2.07. The largest absolute Gasteiger partial charge is 0.478 e. The van der Waals surface area contributed by atoms with Crippen LogP contribution in [0.1, 0.15) is 41.6 Å².